The van der Waals surface area contributed by atoms with Gasteiger partial charge in [0.25, 0.3) is 0 Å². The van der Waals surface area contributed by atoms with Crippen LogP contribution in [0.25, 0.3) is 0 Å². The lowest BCUT2D eigenvalue weighted by atomic mass is 10.1. The van der Waals surface area contributed by atoms with Crippen LogP contribution >= 0.6 is 23.3 Å². The second kappa shape index (κ2) is 4.74. The summed E-state index contributed by atoms with van der Waals surface area (Å²) in [5.74, 6) is 0. The van der Waals surface area contributed by atoms with Gasteiger partial charge in [0.1, 0.15) is 6.33 Å². The molecule has 0 saturated carbocycles. The molecule has 0 fully saturated rings. The first kappa shape index (κ1) is 10.6. The van der Waals surface area contributed by atoms with Crippen LogP contribution in [0.3, 0.4) is 0 Å². The van der Waals surface area contributed by atoms with Crippen molar-refractivity contribution in [1.29, 1.82) is 0 Å². The first-order valence-corrected chi connectivity index (χ1v) is 6.03. The maximum Gasteiger partial charge on any atom is 0.174 e. The Labute approximate surface area is 96.4 Å². The highest BCUT2D eigenvalue weighted by Crippen LogP contribution is 2.31. The summed E-state index contributed by atoms with van der Waals surface area (Å²) in [4.78, 5) is 5.14. The fraction of sp³-hybridized carbons (Fsp3) is 0.200. The van der Waals surface area contributed by atoms with Crippen LogP contribution in [0.1, 0.15) is 11.1 Å². The van der Waals surface area contributed by atoms with Gasteiger partial charge < -0.3 is 5.11 Å². The molecule has 0 atom stereocenters. The summed E-state index contributed by atoms with van der Waals surface area (Å²) in [5, 5.41) is 9.23. The van der Waals surface area contributed by atoms with Gasteiger partial charge in [0.15, 0.2) is 4.34 Å². The Hall–Kier alpha value is -0.910. The fourth-order valence-corrected chi connectivity index (χ4v) is 2.74. The zero-order chi connectivity index (χ0) is 10.7. The number of aryl methyl sites for hydroxylation is 1. The Bertz CT molecular complexity index is 443. The van der Waals surface area contributed by atoms with E-state index in [0.717, 1.165) is 20.4 Å². The lowest BCUT2D eigenvalue weighted by Gasteiger charge is -2.05. The molecule has 1 aromatic heterocycles. The summed E-state index contributed by atoms with van der Waals surface area (Å²) in [5.41, 5.74) is 2.09. The molecule has 0 radical (unpaired) electrons. The van der Waals surface area contributed by atoms with E-state index in [0.29, 0.717) is 0 Å². The molecule has 0 aliphatic carbocycles. The number of aromatic nitrogens is 2. The Morgan fingerprint density at radius 2 is 2.33 bits per heavy atom. The molecule has 0 unspecified atom stereocenters. The highest BCUT2D eigenvalue weighted by atomic mass is 32.2. The Morgan fingerprint density at radius 1 is 1.47 bits per heavy atom. The monoisotopic (exact) mass is 238 g/mol. The van der Waals surface area contributed by atoms with Crippen LogP contribution < -0.4 is 0 Å². The van der Waals surface area contributed by atoms with Gasteiger partial charge in [-0.15, -0.1) is 0 Å². The van der Waals surface area contributed by atoms with Crippen molar-refractivity contribution in [3.8, 4) is 0 Å². The van der Waals surface area contributed by atoms with E-state index < -0.39 is 0 Å². The topological polar surface area (TPSA) is 46.0 Å². The molecule has 1 N–H and O–H groups in total. The molecule has 2 aromatic rings. The molecule has 0 spiro atoms. The van der Waals surface area contributed by atoms with Gasteiger partial charge >= 0.3 is 0 Å². The molecule has 78 valence electrons. The summed E-state index contributed by atoms with van der Waals surface area (Å²) in [6, 6.07) is 6.03. The van der Waals surface area contributed by atoms with Crippen molar-refractivity contribution in [2.45, 2.75) is 22.8 Å². The van der Waals surface area contributed by atoms with E-state index >= 15 is 0 Å². The predicted molar refractivity (Wildman–Crippen MR) is 61.1 cm³/mol. The van der Waals surface area contributed by atoms with E-state index in [1.165, 1.54) is 23.3 Å². The molecule has 0 aliphatic rings. The molecule has 1 heterocycles. The van der Waals surface area contributed by atoms with Crippen LogP contribution in [0.4, 0.5) is 0 Å². The number of nitrogens with zero attached hydrogens (tertiary/aromatic N) is 2. The first-order chi connectivity index (χ1) is 7.29. The summed E-state index contributed by atoms with van der Waals surface area (Å²) in [6.45, 7) is 2.07. The number of hydrogen-bond acceptors (Lipinski definition) is 5. The molecule has 2 rings (SSSR count). The third kappa shape index (κ3) is 2.56. The molecule has 0 aliphatic heterocycles. The number of aliphatic hydroxyl groups is 1. The van der Waals surface area contributed by atoms with Gasteiger partial charge in [0.2, 0.25) is 0 Å². The molecule has 3 nitrogen and oxygen atoms in total. The van der Waals surface area contributed by atoms with Crippen LogP contribution in [-0.2, 0) is 6.61 Å². The van der Waals surface area contributed by atoms with Gasteiger partial charge in [-0.25, -0.2) is 4.98 Å². The zero-order valence-corrected chi connectivity index (χ0v) is 9.81. The number of hydrogen-bond donors (Lipinski definition) is 1. The second-order valence-electron chi connectivity index (χ2n) is 3.08. The van der Waals surface area contributed by atoms with Crippen LogP contribution in [-0.4, -0.2) is 14.5 Å². The van der Waals surface area contributed by atoms with Crippen LogP contribution in [0, 0.1) is 6.92 Å². The van der Waals surface area contributed by atoms with Crippen molar-refractivity contribution in [1.82, 2.24) is 9.36 Å². The van der Waals surface area contributed by atoms with Crippen molar-refractivity contribution in [3.63, 3.8) is 0 Å². The van der Waals surface area contributed by atoms with Gasteiger partial charge in [-0.2, -0.15) is 4.37 Å². The summed E-state index contributed by atoms with van der Waals surface area (Å²) < 4.78 is 4.84. The quantitative estimate of drug-likeness (QED) is 0.892. The third-order valence-electron chi connectivity index (χ3n) is 1.92. The maximum atomic E-state index is 9.23. The van der Waals surface area contributed by atoms with E-state index in [2.05, 4.69) is 9.36 Å². The van der Waals surface area contributed by atoms with Crippen molar-refractivity contribution in [3.05, 3.63) is 35.7 Å². The molecule has 0 bridgehead atoms. The zero-order valence-electron chi connectivity index (χ0n) is 8.17. The summed E-state index contributed by atoms with van der Waals surface area (Å²) in [7, 11) is 0. The molecule has 0 amide bonds. The SMILES string of the molecule is Cc1ccc(Sc2ncns2)c(CO)c1. The number of aliphatic hydroxyl groups excluding tert-OH is 1. The maximum absolute atomic E-state index is 9.23. The minimum absolute atomic E-state index is 0.0584. The minimum atomic E-state index is 0.0584. The van der Waals surface area contributed by atoms with Crippen molar-refractivity contribution >= 4 is 23.3 Å². The van der Waals surface area contributed by atoms with Gasteiger partial charge in [0.05, 0.1) is 6.61 Å². The van der Waals surface area contributed by atoms with E-state index in [9.17, 15) is 5.11 Å². The van der Waals surface area contributed by atoms with Crippen molar-refractivity contribution in [2.24, 2.45) is 0 Å². The van der Waals surface area contributed by atoms with Gasteiger partial charge in [-0.05, 0) is 30.1 Å². The average Bonchev–Trinajstić information content (AvgIpc) is 2.73. The highest BCUT2D eigenvalue weighted by Gasteiger charge is 2.06. The van der Waals surface area contributed by atoms with Crippen LogP contribution in [0.5, 0.6) is 0 Å². The van der Waals surface area contributed by atoms with Gasteiger partial charge in [-0.1, -0.05) is 29.5 Å². The predicted octanol–water partition coefficient (Wildman–Crippen LogP) is 2.49. The lowest BCUT2D eigenvalue weighted by molar-refractivity contribution is 0.279. The number of rotatable bonds is 3. The molecular formula is C10H10N2OS2. The average molecular weight is 238 g/mol. The molecule has 0 saturated heterocycles. The smallest absolute Gasteiger partial charge is 0.174 e. The van der Waals surface area contributed by atoms with Crippen LogP contribution in [0.15, 0.2) is 33.8 Å². The van der Waals surface area contributed by atoms with Crippen molar-refractivity contribution < 1.29 is 5.11 Å². The van der Waals surface area contributed by atoms with Gasteiger partial charge in [0, 0.05) is 4.90 Å². The summed E-state index contributed by atoms with van der Waals surface area (Å²) in [6.07, 6.45) is 1.54. The van der Waals surface area contributed by atoms with Crippen molar-refractivity contribution in [2.75, 3.05) is 0 Å². The second-order valence-corrected chi connectivity index (χ2v) is 5.15. The standard InChI is InChI=1S/C10H10N2OS2/c1-7-2-3-9(8(4-7)5-13)14-10-11-6-12-15-10/h2-4,6,13H,5H2,1H3. The van der Waals surface area contributed by atoms with E-state index in [-0.39, 0.29) is 6.61 Å². The van der Waals surface area contributed by atoms with Gasteiger partial charge in [-0.3, -0.25) is 0 Å². The Morgan fingerprint density at radius 3 is 3.00 bits per heavy atom. The first-order valence-electron chi connectivity index (χ1n) is 4.44. The van der Waals surface area contributed by atoms with E-state index in [1.54, 1.807) is 6.33 Å². The molecular weight excluding hydrogens is 228 g/mol. The summed E-state index contributed by atoms with van der Waals surface area (Å²) >= 11 is 2.90. The highest BCUT2D eigenvalue weighted by molar-refractivity contribution is 8.01. The normalized spacial score (nSPS) is 10.5. The molecule has 5 heteroatoms. The Balaban J connectivity index is 2.28. The molecule has 15 heavy (non-hydrogen) atoms. The van der Waals surface area contributed by atoms with E-state index in [1.807, 2.05) is 25.1 Å². The third-order valence-corrected chi connectivity index (χ3v) is 3.76. The minimum Gasteiger partial charge on any atom is -0.392 e. The largest absolute Gasteiger partial charge is 0.392 e. The Kier molecular flexibility index (Phi) is 3.35. The number of benzene rings is 1. The van der Waals surface area contributed by atoms with Crippen LogP contribution in [0.2, 0.25) is 0 Å². The fourth-order valence-electron chi connectivity index (χ4n) is 1.23. The van der Waals surface area contributed by atoms with E-state index in [4.69, 9.17) is 0 Å². The lowest BCUT2D eigenvalue weighted by Crippen LogP contribution is -1.88. The molecule has 1 aromatic carbocycles.